The fraction of sp³-hybridized carbons (Fsp3) is 0.143. The Hall–Kier alpha value is -3.70. The van der Waals surface area contributed by atoms with E-state index in [2.05, 4.69) is 16.8 Å². The van der Waals surface area contributed by atoms with E-state index in [1.54, 1.807) is 18.2 Å². The summed E-state index contributed by atoms with van der Waals surface area (Å²) in [5, 5.41) is 7.87. The number of aryl methyl sites for hydroxylation is 1. The van der Waals surface area contributed by atoms with E-state index in [4.69, 9.17) is 16.3 Å². The average Bonchev–Trinajstić information content (AvgIpc) is 3.55. The van der Waals surface area contributed by atoms with Crippen molar-refractivity contribution in [2.24, 2.45) is 5.92 Å². The number of allylic oxidation sites excluding steroid dienone is 1. The second-order valence-electron chi connectivity index (χ2n) is 8.40. The van der Waals surface area contributed by atoms with Gasteiger partial charge in [-0.15, -0.1) is 0 Å². The molecule has 0 spiro atoms. The molecule has 1 aliphatic rings. The molecule has 3 aromatic carbocycles. The topological polar surface area (TPSA) is 55.0 Å². The molecule has 0 aliphatic heterocycles. The van der Waals surface area contributed by atoms with Gasteiger partial charge in [-0.2, -0.15) is 5.10 Å². The molecule has 170 valence electrons. The lowest BCUT2D eigenvalue weighted by Crippen LogP contribution is -2.07. The minimum absolute atomic E-state index is 0.248. The smallest absolute Gasteiger partial charge is 0.335 e. The number of nitrogens with zero attached hydrogens (tertiary/aromatic N) is 1. The van der Waals surface area contributed by atoms with Crippen LogP contribution in [-0.2, 0) is 4.79 Å². The molecule has 1 aromatic heterocycles. The van der Waals surface area contributed by atoms with Crippen LogP contribution in [0.5, 0.6) is 5.75 Å². The van der Waals surface area contributed by atoms with E-state index in [-0.39, 0.29) is 11.7 Å². The van der Waals surface area contributed by atoms with Crippen LogP contribution in [0, 0.1) is 18.7 Å². The molecule has 5 rings (SSSR count). The third kappa shape index (κ3) is 4.03. The van der Waals surface area contributed by atoms with Gasteiger partial charge in [0.1, 0.15) is 11.6 Å². The predicted octanol–water partition coefficient (Wildman–Crippen LogP) is 7.12. The fourth-order valence-electron chi connectivity index (χ4n) is 4.38. The Balaban J connectivity index is 1.87. The highest BCUT2D eigenvalue weighted by atomic mass is 35.5. The van der Waals surface area contributed by atoms with Crippen LogP contribution in [0.2, 0.25) is 5.02 Å². The number of ether oxygens (including phenoxy) is 1. The zero-order valence-electron chi connectivity index (χ0n) is 18.6. The standard InChI is InChI=1S/C28H22ClFN2O2/c1-3-25(33)34-24-7-5-4-6-20(24)27(21-12-13-23-22(28(21)30)15-31-32-23)26(17-8-9-17)19-11-10-18(29)14-16(19)2/h3-7,10-15,17H,1,8-9H2,2H3,(H,31,32)/b27-26-. The Bertz CT molecular complexity index is 1470. The normalized spacial score (nSPS) is 14.1. The predicted molar refractivity (Wildman–Crippen MR) is 133 cm³/mol. The summed E-state index contributed by atoms with van der Waals surface area (Å²) in [6.07, 6.45) is 4.58. The van der Waals surface area contributed by atoms with Crippen molar-refractivity contribution in [3.05, 3.63) is 107 Å². The van der Waals surface area contributed by atoms with Gasteiger partial charge < -0.3 is 4.74 Å². The van der Waals surface area contributed by atoms with Gasteiger partial charge in [0.15, 0.2) is 0 Å². The number of hydrogen-bond donors (Lipinski definition) is 1. The lowest BCUT2D eigenvalue weighted by molar-refractivity contribution is -0.128. The quantitative estimate of drug-likeness (QED) is 0.141. The number of carbonyl (C=O) groups is 1. The van der Waals surface area contributed by atoms with Gasteiger partial charge in [0.2, 0.25) is 0 Å². The van der Waals surface area contributed by atoms with E-state index >= 15 is 4.39 Å². The van der Waals surface area contributed by atoms with Crippen molar-refractivity contribution in [2.75, 3.05) is 0 Å². The van der Waals surface area contributed by atoms with Gasteiger partial charge in [0.05, 0.1) is 17.1 Å². The summed E-state index contributed by atoms with van der Waals surface area (Å²) in [7, 11) is 0. The largest absolute Gasteiger partial charge is 0.423 e. The highest BCUT2D eigenvalue weighted by Gasteiger charge is 2.33. The summed E-state index contributed by atoms with van der Waals surface area (Å²) >= 11 is 6.25. The maximum Gasteiger partial charge on any atom is 0.335 e. The van der Waals surface area contributed by atoms with Crippen LogP contribution in [0.3, 0.4) is 0 Å². The summed E-state index contributed by atoms with van der Waals surface area (Å²) < 4.78 is 21.6. The first-order chi connectivity index (χ1) is 16.5. The Morgan fingerprint density at radius 1 is 1.15 bits per heavy atom. The van der Waals surface area contributed by atoms with Crippen LogP contribution in [0.4, 0.5) is 4.39 Å². The molecule has 1 fully saturated rings. The molecule has 1 aliphatic carbocycles. The average molecular weight is 473 g/mol. The summed E-state index contributed by atoms with van der Waals surface area (Å²) in [4.78, 5) is 12.1. The molecule has 1 saturated carbocycles. The summed E-state index contributed by atoms with van der Waals surface area (Å²) in [6.45, 7) is 5.50. The van der Waals surface area contributed by atoms with Gasteiger partial charge in [-0.3, -0.25) is 5.10 Å². The Morgan fingerprint density at radius 2 is 1.91 bits per heavy atom. The molecule has 34 heavy (non-hydrogen) atoms. The number of esters is 1. The lowest BCUT2D eigenvalue weighted by atomic mass is 9.84. The van der Waals surface area contributed by atoms with Crippen molar-refractivity contribution < 1.29 is 13.9 Å². The molecule has 0 saturated heterocycles. The highest BCUT2D eigenvalue weighted by molar-refractivity contribution is 6.30. The molecule has 6 heteroatoms. The molecule has 0 unspecified atom stereocenters. The molecule has 4 nitrogen and oxygen atoms in total. The number of aromatic amines is 1. The number of carbonyl (C=O) groups excluding carboxylic acids is 1. The monoisotopic (exact) mass is 472 g/mol. The van der Waals surface area contributed by atoms with Crippen LogP contribution >= 0.6 is 11.6 Å². The molecular weight excluding hydrogens is 451 g/mol. The molecular formula is C28H22ClFN2O2. The Kier molecular flexibility index (Phi) is 5.80. The van der Waals surface area contributed by atoms with E-state index in [0.717, 1.165) is 35.6 Å². The number of benzene rings is 3. The number of H-pyrrole nitrogens is 1. The second kappa shape index (κ2) is 8.92. The number of halogens is 2. The minimum Gasteiger partial charge on any atom is -0.423 e. The van der Waals surface area contributed by atoms with Gasteiger partial charge in [0, 0.05) is 22.2 Å². The van der Waals surface area contributed by atoms with Crippen molar-refractivity contribution in [2.45, 2.75) is 19.8 Å². The van der Waals surface area contributed by atoms with Crippen molar-refractivity contribution in [1.82, 2.24) is 10.2 Å². The van der Waals surface area contributed by atoms with Gasteiger partial charge in [-0.05, 0) is 78.3 Å². The van der Waals surface area contributed by atoms with Crippen LogP contribution in [0.1, 0.15) is 35.1 Å². The minimum atomic E-state index is -0.576. The number of hydrogen-bond acceptors (Lipinski definition) is 3. The van der Waals surface area contributed by atoms with Crippen molar-refractivity contribution in [1.29, 1.82) is 0 Å². The van der Waals surface area contributed by atoms with E-state index in [1.165, 1.54) is 6.20 Å². The van der Waals surface area contributed by atoms with Gasteiger partial charge in [0.25, 0.3) is 0 Å². The molecule has 0 bridgehead atoms. The highest BCUT2D eigenvalue weighted by Crippen LogP contribution is 2.50. The first-order valence-electron chi connectivity index (χ1n) is 11.0. The van der Waals surface area contributed by atoms with E-state index in [0.29, 0.717) is 38.4 Å². The summed E-state index contributed by atoms with van der Waals surface area (Å²) in [5.74, 6) is -0.361. The Labute approximate surface area is 201 Å². The van der Waals surface area contributed by atoms with Crippen molar-refractivity contribution in [3.63, 3.8) is 0 Å². The zero-order valence-corrected chi connectivity index (χ0v) is 19.3. The zero-order chi connectivity index (χ0) is 23.8. The van der Waals surface area contributed by atoms with E-state index in [1.807, 2.05) is 43.3 Å². The first kappa shape index (κ1) is 22.1. The third-order valence-electron chi connectivity index (χ3n) is 6.09. The maximum absolute atomic E-state index is 16.0. The van der Waals surface area contributed by atoms with Crippen LogP contribution < -0.4 is 4.74 Å². The van der Waals surface area contributed by atoms with E-state index in [9.17, 15) is 4.79 Å². The summed E-state index contributed by atoms with van der Waals surface area (Å²) in [6, 6.07) is 16.5. The molecule has 0 amide bonds. The molecule has 1 heterocycles. The van der Waals surface area contributed by atoms with Crippen LogP contribution in [-0.4, -0.2) is 16.2 Å². The first-order valence-corrected chi connectivity index (χ1v) is 11.4. The van der Waals surface area contributed by atoms with Crippen LogP contribution in [0.15, 0.2) is 73.4 Å². The number of rotatable bonds is 6. The number of fused-ring (bicyclic) bond motifs is 1. The fourth-order valence-corrected chi connectivity index (χ4v) is 4.61. The molecule has 0 atom stereocenters. The van der Waals surface area contributed by atoms with Gasteiger partial charge in [-0.1, -0.05) is 42.4 Å². The lowest BCUT2D eigenvalue weighted by Gasteiger charge is -2.21. The molecule has 4 aromatic rings. The van der Waals surface area contributed by atoms with Crippen molar-refractivity contribution >= 4 is 39.6 Å². The maximum atomic E-state index is 16.0. The molecule has 1 N–H and O–H groups in total. The van der Waals surface area contributed by atoms with Gasteiger partial charge in [-0.25, -0.2) is 9.18 Å². The van der Waals surface area contributed by atoms with Crippen LogP contribution in [0.25, 0.3) is 22.0 Å². The number of nitrogens with one attached hydrogen (secondary N) is 1. The summed E-state index contributed by atoms with van der Waals surface area (Å²) in [5.41, 5.74) is 5.38. The SMILES string of the molecule is C=CC(=O)Oc1ccccc1/C(=C(/c1ccc(Cl)cc1C)C1CC1)c1ccc2[nH]ncc2c1F. The number of para-hydroxylation sites is 1. The van der Waals surface area contributed by atoms with Gasteiger partial charge >= 0.3 is 5.97 Å². The third-order valence-corrected chi connectivity index (χ3v) is 6.33. The Morgan fingerprint density at radius 3 is 2.65 bits per heavy atom. The van der Waals surface area contributed by atoms with E-state index < -0.39 is 5.97 Å². The van der Waals surface area contributed by atoms with Crippen molar-refractivity contribution in [3.8, 4) is 5.75 Å². The molecule has 0 radical (unpaired) electrons. The number of aromatic nitrogens is 2. The second-order valence-corrected chi connectivity index (χ2v) is 8.84.